The van der Waals surface area contributed by atoms with Crippen LogP contribution in [-0.4, -0.2) is 136 Å². The van der Waals surface area contributed by atoms with E-state index in [0.717, 1.165) is 28.9 Å². The monoisotopic (exact) mass is 1080 g/mol. The highest BCUT2D eigenvalue weighted by Crippen LogP contribution is 2.39. The Morgan fingerprint density at radius 2 is 1.14 bits per heavy atom. The van der Waals surface area contributed by atoms with Crippen molar-refractivity contribution in [3.63, 3.8) is 0 Å². The molecule has 20 heteroatoms. The fraction of sp³-hybridized carbons (Fsp3) is 0.558. The minimum Gasteiger partial charge on any atom is -0.467 e. The van der Waals surface area contributed by atoms with Crippen LogP contribution in [0.1, 0.15) is 75.8 Å². The van der Waals surface area contributed by atoms with Gasteiger partial charge in [0.25, 0.3) is 0 Å². The van der Waals surface area contributed by atoms with Crippen molar-refractivity contribution in [2.24, 2.45) is 11.8 Å². The number of anilines is 2. The van der Waals surface area contributed by atoms with E-state index >= 15 is 0 Å². The van der Waals surface area contributed by atoms with Crippen molar-refractivity contribution in [3.8, 4) is 0 Å². The molecule has 1 fully saturated rings. The van der Waals surface area contributed by atoms with Gasteiger partial charge >= 0.3 is 29.8 Å². The summed E-state index contributed by atoms with van der Waals surface area (Å²) in [5.74, 6) is -3.43. The summed E-state index contributed by atoms with van der Waals surface area (Å²) in [7, 11) is 2.45. The number of rotatable bonds is 26. The van der Waals surface area contributed by atoms with Crippen LogP contribution in [0.4, 0.5) is 11.4 Å². The van der Waals surface area contributed by atoms with Crippen LogP contribution in [0.15, 0.2) is 72.8 Å². The Bertz CT molecular complexity index is 2120. The maximum absolute atomic E-state index is 13.5. The standard InChI is InChI=1S/C52H68Cl4N4O12/c1-35-7-5-4-6-8-38-33-41(71-49(64)21-18-46(61)57-43(51(66)68-2)31-36-9-13-39(14-10-36)59(27-23-53)28-24-54)34-42(38)45(17-20-48(63)70-35)72-50(65)22-19-47(62)58-44(52(67)69-3)32-37-11-15-40(16-12-37)60(29-25-55)30-26-56/h6,8-17,20,35,38,41-45H,4-5,7,18-19,21-34H2,1-3H3,(H,57,61)(H,58,62)/b8-6+,20-17+/t35-,38+,41-,42+,43-,44-,45+/m0/s1. The third-order valence-corrected chi connectivity index (χ3v) is 13.0. The normalized spacial score (nSPS) is 20.5. The summed E-state index contributed by atoms with van der Waals surface area (Å²) < 4.78 is 27.3. The Morgan fingerprint density at radius 1 is 0.667 bits per heavy atom. The number of alkyl halides is 4. The van der Waals surface area contributed by atoms with E-state index in [1.54, 1.807) is 6.92 Å². The average molecular weight is 1080 g/mol. The maximum atomic E-state index is 13.5. The molecule has 0 bridgehead atoms. The number of benzene rings is 2. The third kappa shape index (κ3) is 20.5. The number of amides is 2. The van der Waals surface area contributed by atoms with Gasteiger partial charge < -0.3 is 44.1 Å². The molecule has 1 aliphatic heterocycles. The van der Waals surface area contributed by atoms with Gasteiger partial charge in [-0.2, -0.15) is 0 Å². The van der Waals surface area contributed by atoms with E-state index in [1.165, 1.54) is 26.4 Å². The van der Waals surface area contributed by atoms with E-state index in [9.17, 15) is 33.6 Å². The average Bonchev–Trinajstić information content (AvgIpc) is 3.77. The summed E-state index contributed by atoms with van der Waals surface area (Å²) in [5.41, 5.74) is 3.34. The van der Waals surface area contributed by atoms with Crippen LogP contribution in [-0.2, 0) is 70.1 Å². The van der Waals surface area contributed by atoms with Gasteiger partial charge in [-0.3, -0.25) is 19.2 Å². The van der Waals surface area contributed by atoms with Gasteiger partial charge in [-0.15, -0.1) is 46.4 Å². The molecule has 0 spiro atoms. The molecule has 2 amide bonds. The van der Waals surface area contributed by atoms with Crippen molar-refractivity contribution in [1.82, 2.24) is 10.6 Å². The predicted octanol–water partition coefficient (Wildman–Crippen LogP) is 6.99. The summed E-state index contributed by atoms with van der Waals surface area (Å²) >= 11 is 23.9. The lowest BCUT2D eigenvalue weighted by Crippen LogP contribution is -2.43. The summed E-state index contributed by atoms with van der Waals surface area (Å²) in [6, 6.07) is 12.9. The Hall–Kier alpha value is -5.03. The Kier molecular flexibility index (Phi) is 26.6. The number of methoxy groups -OCH3 is 2. The number of nitrogens with zero attached hydrogens (tertiary/aromatic N) is 2. The zero-order chi connectivity index (χ0) is 52.4. The molecule has 2 aromatic rings. The third-order valence-electron chi connectivity index (χ3n) is 12.4. The quantitative estimate of drug-likeness (QED) is 0.0423. The number of ether oxygens (including phenoxy) is 5. The first-order valence-electron chi connectivity index (χ1n) is 24.3. The molecular weight excluding hydrogens is 1010 g/mol. The Morgan fingerprint density at radius 3 is 1.60 bits per heavy atom. The van der Waals surface area contributed by atoms with Crippen LogP contribution >= 0.6 is 46.4 Å². The topological polar surface area (TPSA) is 196 Å². The maximum Gasteiger partial charge on any atom is 0.330 e. The zero-order valence-corrected chi connectivity index (χ0v) is 44.2. The zero-order valence-electron chi connectivity index (χ0n) is 41.2. The van der Waals surface area contributed by atoms with Gasteiger partial charge in [0.1, 0.15) is 24.3 Å². The van der Waals surface area contributed by atoms with Crippen LogP contribution in [0.3, 0.4) is 0 Å². The SMILES string of the molecule is COC(=O)[C@H](Cc1ccc(N(CCCl)CCCl)cc1)NC(=O)CCC(=O)O[C@@H]1C[C@@H]2[C@H](/C=C/CCC[C@H](C)OC(=O)/C=C/[C@H]2OC(=O)CCC(=O)N[C@@H](Cc2ccc(N(CCCl)CCCl)cc2)C(=O)OC)C1. The molecule has 2 aliphatic rings. The van der Waals surface area contributed by atoms with Crippen molar-refractivity contribution < 1.29 is 57.2 Å². The molecule has 2 aromatic carbocycles. The smallest absolute Gasteiger partial charge is 0.330 e. The second-order valence-corrected chi connectivity index (χ2v) is 19.1. The molecule has 16 nitrogen and oxygen atoms in total. The van der Waals surface area contributed by atoms with E-state index in [-0.39, 0.29) is 57.0 Å². The molecule has 0 radical (unpaired) electrons. The lowest BCUT2D eigenvalue weighted by Gasteiger charge is -2.25. The lowest BCUT2D eigenvalue weighted by molar-refractivity contribution is -0.153. The molecule has 7 atom stereocenters. The highest BCUT2D eigenvalue weighted by molar-refractivity contribution is 6.19. The Balaban J connectivity index is 1.38. The number of halogens is 4. The van der Waals surface area contributed by atoms with Crippen LogP contribution in [0.2, 0.25) is 0 Å². The first kappa shape index (κ1) is 59.5. The summed E-state index contributed by atoms with van der Waals surface area (Å²) in [5, 5.41) is 5.37. The molecule has 0 aromatic heterocycles. The van der Waals surface area contributed by atoms with Crippen molar-refractivity contribution in [2.75, 3.05) is 73.7 Å². The van der Waals surface area contributed by atoms with E-state index in [4.69, 9.17) is 70.1 Å². The van der Waals surface area contributed by atoms with Crippen molar-refractivity contribution >= 4 is 99.4 Å². The first-order chi connectivity index (χ1) is 34.7. The minimum atomic E-state index is -1.04. The summed E-state index contributed by atoms with van der Waals surface area (Å²) in [6.07, 6.45) is 6.52. The molecule has 4 rings (SSSR count). The number of fused-ring (bicyclic) bond motifs is 1. The van der Waals surface area contributed by atoms with Gasteiger partial charge in [0.05, 0.1) is 33.2 Å². The molecular formula is C52H68Cl4N4O12. The number of cyclic esters (lactones) is 1. The molecule has 72 heavy (non-hydrogen) atoms. The van der Waals surface area contributed by atoms with Gasteiger partial charge in [0.2, 0.25) is 11.8 Å². The number of allylic oxidation sites excluding steroid dienone is 2. The number of carbonyl (C=O) groups is 7. The van der Waals surface area contributed by atoms with Crippen molar-refractivity contribution in [3.05, 3.63) is 84.0 Å². The van der Waals surface area contributed by atoms with E-state index < -0.39 is 71.9 Å². The van der Waals surface area contributed by atoms with E-state index in [0.29, 0.717) is 69.0 Å². The molecule has 0 saturated heterocycles. The second-order valence-electron chi connectivity index (χ2n) is 17.6. The van der Waals surface area contributed by atoms with Gasteiger partial charge in [0, 0.05) is 98.8 Å². The first-order valence-corrected chi connectivity index (χ1v) is 26.4. The van der Waals surface area contributed by atoms with Crippen LogP contribution in [0, 0.1) is 11.8 Å². The number of hydrogen-bond acceptors (Lipinski definition) is 14. The molecule has 1 saturated carbocycles. The fourth-order valence-electron chi connectivity index (χ4n) is 8.68. The molecule has 1 aliphatic carbocycles. The Labute approximate surface area is 442 Å². The van der Waals surface area contributed by atoms with Gasteiger partial charge in [-0.1, -0.05) is 36.4 Å². The molecule has 1 heterocycles. The largest absolute Gasteiger partial charge is 0.467 e. The van der Waals surface area contributed by atoms with Crippen molar-refractivity contribution in [2.45, 2.75) is 108 Å². The van der Waals surface area contributed by atoms with Gasteiger partial charge in [0.15, 0.2) is 0 Å². The highest BCUT2D eigenvalue weighted by Gasteiger charge is 2.41. The fourth-order valence-corrected chi connectivity index (χ4v) is 9.49. The van der Waals surface area contributed by atoms with Crippen LogP contribution < -0.4 is 20.4 Å². The van der Waals surface area contributed by atoms with Crippen LogP contribution in [0.5, 0.6) is 0 Å². The summed E-state index contributed by atoms with van der Waals surface area (Å²) in [4.78, 5) is 95.6. The number of esters is 5. The predicted molar refractivity (Wildman–Crippen MR) is 278 cm³/mol. The van der Waals surface area contributed by atoms with Gasteiger partial charge in [-0.05, 0) is 86.4 Å². The number of hydrogen-bond donors (Lipinski definition) is 2. The van der Waals surface area contributed by atoms with E-state index in [2.05, 4.69) is 10.6 Å². The minimum absolute atomic E-state index is 0.128. The number of carbonyl (C=O) groups excluding carboxylic acids is 7. The lowest BCUT2D eigenvalue weighted by atomic mass is 9.89. The summed E-state index contributed by atoms with van der Waals surface area (Å²) in [6.45, 7) is 4.23. The molecule has 0 unspecified atom stereocenters. The number of nitrogens with one attached hydrogen (secondary N) is 2. The highest BCUT2D eigenvalue weighted by atomic mass is 35.5. The molecule has 2 N–H and O–H groups in total. The van der Waals surface area contributed by atoms with E-state index in [1.807, 2.05) is 70.5 Å². The van der Waals surface area contributed by atoms with Gasteiger partial charge in [-0.25, -0.2) is 14.4 Å². The molecule has 396 valence electrons. The van der Waals surface area contributed by atoms with Crippen LogP contribution in [0.25, 0.3) is 0 Å². The van der Waals surface area contributed by atoms with Crippen molar-refractivity contribution in [1.29, 1.82) is 0 Å². The second kappa shape index (κ2) is 32.2.